The standard InChI is InChI=1S/C16H20ClNO2/c1-4-7-18-16(13-8-11(2)20-10-13)12-5-6-14(17)15(9-12)19-3/h5-6,8-10,16,18H,4,7H2,1-3H3. The van der Waals surface area contributed by atoms with Gasteiger partial charge >= 0.3 is 0 Å². The van der Waals surface area contributed by atoms with Crippen molar-refractivity contribution in [1.29, 1.82) is 0 Å². The van der Waals surface area contributed by atoms with E-state index >= 15 is 0 Å². The number of benzene rings is 1. The Bertz CT molecular complexity index is 565. The van der Waals surface area contributed by atoms with Gasteiger partial charge in [-0.15, -0.1) is 0 Å². The van der Waals surface area contributed by atoms with Crippen LogP contribution >= 0.6 is 11.6 Å². The van der Waals surface area contributed by atoms with Gasteiger partial charge < -0.3 is 14.5 Å². The average molecular weight is 294 g/mol. The highest BCUT2D eigenvalue weighted by molar-refractivity contribution is 6.32. The molecule has 0 fully saturated rings. The molecule has 20 heavy (non-hydrogen) atoms. The van der Waals surface area contributed by atoms with Crippen molar-refractivity contribution in [2.75, 3.05) is 13.7 Å². The van der Waals surface area contributed by atoms with Gasteiger partial charge in [-0.25, -0.2) is 0 Å². The highest BCUT2D eigenvalue weighted by Crippen LogP contribution is 2.31. The Morgan fingerprint density at radius 1 is 1.30 bits per heavy atom. The van der Waals surface area contributed by atoms with Crippen LogP contribution < -0.4 is 10.1 Å². The lowest BCUT2D eigenvalue weighted by Gasteiger charge is -2.18. The third kappa shape index (κ3) is 3.35. The second kappa shape index (κ2) is 6.82. The summed E-state index contributed by atoms with van der Waals surface area (Å²) in [5.41, 5.74) is 2.22. The molecule has 1 unspecified atom stereocenters. The van der Waals surface area contributed by atoms with E-state index in [1.54, 1.807) is 13.4 Å². The number of ether oxygens (including phenoxy) is 1. The van der Waals surface area contributed by atoms with Gasteiger partial charge in [0.1, 0.15) is 11.5 Å². The zero-order chi connectivity index (χ0) is 14.5. The van der Waals surface area contributed by atoms with E-state index in [0.717, 1.165) is 29.9 Å². The summed E-state index contributed by atoms with van der Waals surface area (Å²) in [6.07, 6.45) is 2.86. The third-order valence-electron chi connectivity index (χ3n) is 3.19. The monoisotopic (exact) mass is 293 g/mol. The molecular weight excluding hydrogens is 274 g/mol. The number of nitrogens with one attached hydrogen (secondary N) is 1. The molecule has 0 aliphatic heterocycles. The van der Waals surface area contributed by atoms with E-state index in [1.165, 1.54) is 0 Å². The molecule has 4 heteroatoms. The topological polar surface area (TPSA) is 34.4 Å². The first-order valence-electron chi connectivity index (χ1n) is 6.77. The first-order valence-corrected chi connectivity index (χ1v) is 7.15. The Balaban J connectivity index is 2.35. The van der Waals surface area contributed by atoms with Crippen LogP contribution in [0.3, 0.4) is 0 Å². The fourth-order valence-electron chi connectivity index (χ4n) is 2.19. The van der Waals surface area contributed by atoms with Gasteiger partial charge in [0.15, 0.2) is 0 Å². The molecule has 0 amide bonds. The zero-order valence-corrected chi connectivity index (χ0v) is 12.8. The second-order valence-electron chi connectivity index (χ2n) is 4.77. The number of hydrogen-bond donors (Lipinski definition) is 1. The van der Waals surface area contributed by atoms with Gasteiger partial charge in [-0.2, -0.15) is 0 Å². The second-order valence-corrected chi connectivity index (χ2v) is 5.18. The number of furan rings is 1. The lowest BCUT2D eigenvalue weighted by Crippen LogP contribution is -2.22. The lowest BCUT2D eigenvalue weighted by molar-refractivity contribution is 0.413. The molecule has 2 aromatic rings. The summed E-state index contributed by atoms with van der Waals surface area (Å²) in [5, 5.41) is 4.15. The molecule has 0 bridgehead atoms. The molecule has 0 spiro atoms. The van der Waals surface area contributed by atoms with Crippen molar-refractivity contribution in [2.45, 2.75) is 26.3 Å². The normalized spacial score (nSPS) is 12.4. The largest absolute Gasteiger partial charge is 0.495 e. The first-order chi connectivity index (χ1) is 9.65. The SMILES string of the molecule is CCCNC(c1coc(C)c1)c1ccc(Cl)c(OC)c1. The maximum absolute atomic E-state index is 6.09. The highest BCUT2D eigenvalue weighted by Gasteiger charge is 2.17. The summed E-state index contributed by atoms with van der Waals surface area (Å²) in [4.78, 5) is 0. The maximum Gasteiger partial charge on any atom is 0.137 e. The number of hydrogen-bond acceptors (Lipinski definition) is 3. The van der Waals surface area contributed by atoms with Gasteiger partial charge in [-0.1, -0.05) is 24.6 Å². The van der Waals surface area contributed by atoms with Crippen LogP contribution in [0, 0.1) is 6.92 Å². The maximum atomic E-state index is 6.09. The fourth-order valence-corrected chi connectivity index (χ4v) is 2.38. The van der Waals surface area contributed by atoms with E-state index in [-0.39, 0.29) is 6.04 Å². The predicted octanol–water partition coefficient (Wildman–Crippen LogP) is 4.34. The number of methoxy groups -OCH3 is 1. The molecular formula is C16H20ClNO2. The van der Waals surface area contributed by atoms with Crippen molar-refractivity contribution >= 4 is 11.6 Å². The van der Waals surface area contributed by atoms with Crippen LogP contribution in [0.2, 0.25) is 5.02 Å². The van der Waals surface area contributed by atoms with Crippen LogP contribution in [0.15, 0.2) is 34.9 Å². The molecule has 1 atom stereocenters. The molecule has 2 rings (SSSR count). The summed E-state index contributed by atoms with van der Waals surface area (Å²) in [6.45, 7) is 5.02. The van der Waals surface area contributed by atoms with E-state index in [2.05, 4.69) is 18.3 Å². The molecule has 0 aliphatic carbocycles. The van der Waals surface area contributed by atoms with Crippen LogP contribution in [0.5, 0.6) is 5.75 Å². The van der Waals surface area contributed by atoms with Gasteiger partial charge in [0.05, 0.1) is 24.4 Å². The van der Waals surface area contributed by atoms with E-state index in [4.69, 9.17) is 20.8 Å². The molecule has 1 aromatic carbocycles. The average Bonchev–Trinajstić information content (AvgIpc) is 2.87. The number of halogens is 1. The number of rotatable bonds is 6. The Labute approximate surface area is 124 Å². The minimum atomic E-state index is 0.0820. The molecule has 0 aliphatic rings. The van der Waals surface area contributed by atoms with E-state index in [9.17, 15) is 0 Å². The van der Waals surface area contributed by atoms with Crippen LogP contribution in [-0.2, 0) is 0 Å². The summed E-state index contributed by atoms with van der Waals surface area (Å²) in [5.74, 6) is 1.59. The molecule has 0 saturated heterocycles. The molecule has 0 saturated carbocycles. The summed E-state index contributed by atoms with van der Waals surface area (Å²) < 4.78 is 10.7. The smallest absolute Gasteiger partial charge is 0.137 e. The van der Waals surface area contributed by atoms with E-state index < -0.39 is 0 Å². The lowest BCUT2D eigenvalue weighted by atomic mass is 10.0. The van der Waals surface area contributed by atoms with Gasteiger partial charge in [-0.3, -0.25) is 0 Å². The van der Waals surface area contributed by atoms with Gasteiger partial charge in [0.25, 0.3) is 0 Å². The van der Waals surface area contributed by atoms with Gasteiger partial charge in [0.2, 0.25) is 0 Å². The quantitative estimate of drug-likeness (QED) is 0.860. The predicted molar refractivity (Wildman–Crippen MR) is 81.6 cm³/mol. The van der Waals surface area contributed by atoms with Gasteiger partial charge in [-0.05, 0) is 43.7 Å². The Morgan fingerprint density at radius 2 is 2.10 bits per heavy atom. The minimum absolute atomic E-state index is 0.0820. The van der Waals surface area contributed by atoms with Crippen molar-refractivity contribution < 1.29 is 9.15 Å². The van der Waals surface area contributed by atoms with E-state index in [1.807, 2.05) is 25.1 Å². The van der Waals surface area contributed by atoms with Crippen LogP contribution in [-0.4, -0.2) is 13.7 Å². The minimum Gasteiger partial charge on any atom is -0.495 e. The Morgan fingerprint density at radius 3 is 2.70 bits per heavy atom. The number of aryl methyl sites for hydroxylation is 1. The van der Waals surface area contributed by atoms with Crippen molar-refractivity contribution in [3.8, 4) is 5.75 Å². The zero-order valence-electron chi connectivity index (χ0n) is 12.1. The molecule has 1 aromatic heterocycles. The van der Waals surface area contributed by atoms with Crippen LogP contribution in [0.25, 0.3) is 0 Å². The molecule has 0 radical (unpaired) electrons. The highest BCUT2D eigenvalue weighted by atomic mass is 35.5. The fraction of sp³-hybridized carbons (Fsp3) is 0.375. The first kappa shape index (κ1) is 14.9. The molecule has 108 valence electrons. The molecule has 1 N–H and O–H groups in total. The summed E-state index contributed by atoms with van der Waals surface area (Å²) >= 11 is 6.09. The van der Waals surface area contributed by atoms with Crippen molar-refractivity contribution in [3.05, 3.63) is 52.4 Å². The van der Waals surface area contributed by atoms with Crippen LogP contribution in [0.4, 0.5) is 0 Å². The van der Waals surface area contributed by atoms with E-state index in [0.29, 0.717) is 10.8 Å². The van der Waals surface area contributed by atoms with Gasteiger partial charge in [0, 0.05) is 5.56 Å². The third-order valence-corrected chi connectivity index (χ3v) is 3.50. The van der Waals surface area contributed by atoms with Crippen molar-refractivity contribution in [1.82, 2.24) is 5.32 Å². The Kier molecular flexibility index (Phi) is 5.10. The van der Waals surface area contributed by atoms with Crippen molar-refractivity contribution in [2.24, 2.45) is 0 Å². The Hall–Kier alpha value is -1.45. The summed E-state index contributed by atoms with van der Waals surface area (Å²) in [7, 11) is 1.63. The molecule has 3 nitrogen and oxygen atoms in total. The van der Waals surface area contributed by atoms with Crippen LogP contribution in [0.1, 0.15) is 36.3 Å². The summed E-state index contributed by atoms with van der Waals surface area (Å²) in [6, 6.07) is 7.98. The van der Waals surface area contributed by atoms with Crippen molar-refractivity contribution in [3.63, 3.8) is 0 Å². The molecule has 1 heterocycles.